The van der Waals surface area contributed by atoms with Gasteiger partial charge in [0.2, 0.25) is 11.0 Å². The first kappa shape index (κ1) is 24.5. The molecular formula is C28H29FN4OS. The summed E-state index contributed by atoms with van der Waals surface area (Å²) in [5.41, 5.74) is 3.30. The Balaban J connectivity index is 1.40. The third-order valence-electron chi connectivity index (χ3n) is 5.67. The van der Waals surface area contributed by atoms with Crippen molar-refractivity contribution in [2.75, 3.05) is 11.4 Å². The maximum Gasteiger partial charge on any atom is 0.239 e. The number of hydrogen-bond acceptors (Lipinski definition) is 5. The molecule has 0 radical (unpaired) electrons. The van der Waals surface area contributed by atoms with Gasteiger partial charge in [-0.15, -0.1) is 0 Å². The molecule has 0 aliphatic rings. The second kappa shape index (κ2) is 12.2. The maximum atomic E-state index is 13.2. The molecule has 180 valence electrons. The number of aryl methyl sites for hydroxylation is 1. The number of benzene rings is 3. The second-order valence-corrected chi connectivity index (χ2v) is 9.36. The third kappa shape index (κ3) is 7.72. The van der Waals surface area contributed by atoms with E-state index in [0.717, 1.165) is 24.0 Å². The highest BCUT2D eigenvalue weighted by molar-refractivity contribution is 7.09. The van der Waals surface area contributed by atoms with Crippen LogP contribution in [0.4, 0.5) is 9.52 Å². The van der Waals surface area contributed by atoms with Gasteiger partial charge in [0.1, 0.15) is 11.6 Å². The number of amides is 1. The van der Waals surface area contributed by atoms with E-state index in [0.29, 0.717) is 23.9 Å². The Hall–Kier alpha value is -3.58. The summed E-state index contributed by atoms with van der Waals surface area (Å²) >= 11 is 1.28. The van der Waals surface area contributed by atoms with Crippen LogP contribution in [-0.4, -0.2) is 27.9 Å². The first-order valence-electron chi connectivity index (χ1n) is 11.7. The number of halogens is 1. The molecule has 1 aromatic heterocycles. The molecule has 1 heterocycles. The molecule has 0 saturated heterocycles. The van der Waals surface area contributed by atoms with Crippen LogP contribution < -0.4 is 10.2 Å². The SMILES string of the molecule is CC(CCc1ccccc1)NC(=O)CN(Cc1ccccc1)c1nc(Cc2ccc(F)cc2)ns1. The average Bonchev–Trinajstić information content (AvgIpc) is 3.33. The van der Waals surface area contributed by atoms with Gasteiger partial charge in [0, 0.05) is 30.5 Å². The Bertz CT molecular complexity index is 1200. The Morgan fingerprint density at radius 2 is 1.60 bits per heavy atom. The molecule has 5 nitrogen and oxygen atoms in total. The molecule has 1 amide bonds. The van der Waals surface area contributed by atoms with E-state index in [4.69, 9.17) is 4.98 Å². The maximum absolute atomic E-state index is 13.2. The van der Waals surface area contributed by atoms with E-state index in [1.165, 1.54) is 29.2 Å². The van der Waals surface area contributed by atoms with Crippen molar-refractivity contribution < 1.29 is 9.18 Å². The number of carbonyl (C=O) groups is 1. The highest BCUT2D eigenvalue weighted by atomic mass is 32.1. The molecule has 1 atom stereocenters. The lowest BCUT2D eigenvalue weighted by Gasteiger charge is -2.22. The summed E-state index contributed by atoms with van der Waals surface area (Å²) in [6.07, 6.45) is 2.30. The Morgan fingerprint density at radius 3 is 2.29 bits per heavy atom. The lowest BCUT2D eigenvalue weighted by atomic mass is 10.1. The number of rotatable bonds is 11. The zero-order chi connectivity index (χ0) is 24.5. The number of hydrogen-bond donors (Lipinski definition) is 1. The van der Waals surface area contributed by atoms with Crippen LogP contribution in [0.1, 0.15) is 35.9 Å². The van der Waals surface area contributed by atoms with Crippen molar-refractivity contribution in [3.05, 3.63) is 113 Å². The van der Waals surface area contributed by atoms with E-state index in [-0.39, 0.29) is 24.3 Å². The lowest BCUT2D eigenvalue weighted by molar-refractivity contribution is -0.120. The Morgan fingerprint density at radius 1 is 0.943 bits per heavy atom. The van der Waals surface area contributed by atoms with E-state index in [9.17, 15) is 9.18 Å². The summed E-state index contributed by atoms with van der Waals surface area (Å²) in [4.78, 5) is 19.6. The monoisotopic (exact) mass is 488 g/mol. The first-order chi connectivity index (χ1) is 17.0. The minimum absolute atomic E-state index is 0.0447. The lowest BCUT2D eigenvalue weighted by Crippen LogP contribution is -2.41. The number of aromatic nitrogens is 2. The molecule has 4 aromatic rings. The van der Waals surface area contributed by atoms with Crippen molar-refractivity contribution in [3.63, 3.8) is 0 Å². The van der Waals surface area contributed by atoms with Gasteiger partial charge in [0.25, 0.3) is 0 Å². The van der Waals surface area contributed by atoms with Gasteiger partial charge in [-0.1, -0.05) is 72.8 Å². The minimum atomic E-state index is -0.265. The molecule has 7 heteroatoms. The molecule has 1 N–H and O–H groups in total. The van der Waals surface area contributed by atoms with Crippen molar-refractivity contribution in [2.45, 2.75) is 38.8 Å². The van der Waals surface area contributed by atoms with Gasteiger partial charge >= 0.3 is 0 Å². The van der Waals surface area contributed by atoms with Crippen LogP contribution in [0.25, 0.3) is 0 Å². The fraction of sp³-hybridized carbons (Fsp3) is 0.250. The molecule has 0 bridgehead atoms. The quantitative estimate of drug-likeness (QED) is 0.307. The normalized spacial score (nSPS) is 11.7. The van der Waals surface area contributed by atoms with Crippen molar-refractivity contribution in [2.24, 2.45) is 0 Å². The van der Waals surface area contributed by atoms with E-state index in [2.05, 4.69) is 21.8 Å². The largest absolute Gasteiger partial charge is 0.352 e. The van der Waals surface area contributed by atoms with Crippen LogP contribution >= 0.6 is 11.5 Å². The molecule has 3 aromatic carbocycles. The molecule has 0 fully saturated rings. The van der Waals surface area contributed by atoms with Crippen LogP contribution in [-0.2, 0) is 24.2 Å². The summed E-state index contributed by atoms with van der Waals surface area (Å²) in [7, 11) is 0. The van der Waals surface area contributed by atoms with Crippen LogP contribution in [0, 0.1) is 5.82 Å². The molecule has 0 spiro atoms. The van der Waals surface area contributed by atoms with E-state index < -0.39 is 0 Å². The van der Waals surface area contributed by atoms with Gasteiger partial charge in [-0.25, -0.2) is 9.37 Å². The Labute approximate surface area is 209 Å². The Kier molecular flexibility index (Phi) is 8.57. The van der Waals surface area contributed by atoms with Gasteiger partial charge in [0.15, 0.2) is 0 Å². The molecule has 4 rings (SSSR count). The third-order valence-corrected chi connectivity index (χ3v) is 6.49. The number of nitrogens with zero attached hydrogens (tertiary/aromatic N) is 3. The van der Waals surface area contributed by atoms with Gasteiger partial charge in [-0.3, -0.25) is 4.79 Å². The molecule has 0 saturated carbocycles. The van der Waals surface area contributed by atoms with Gasteiger partial charge in [0.05, 0.1) is 6.54 Å². The van der Waals surface area contributed by atoms with Gasteiger partial charge in [-0.05, 0) is 48.6 Å². The molecule has 35 heavy (non-hydrogen) atoms. The summed E-state index contributed by atoms with van der Waals surface area (Å²) in [6.45, 7) is 2.78. The van der Waals surface area contributed by atoms with Crippen molar-refractivity contribution >= 4 is 22.6 Å². The number of nitrogens with one attached hydrogen (secondary N) is 1. The smallest absolute Gasteiger partial charge is 0.239 e. The molecular weight excluding hydrogens is 459 g/mol. The van der Waals surface area contributed by atoms with E-state index in [1.54, 1.807) is 12.1 Å². The number of carbonyl (C=O) groups excluding carboxylic acids is 1. The summed E-state index contributed by atoms with van der Waals surface area (Å²) in [5, 5.41) is 3.82. The topological polar surface area (TPSA) is 58.1 Å². The highest BCUT2D eigenvalue weighted by Gasteiger charge is 2.18. The summed E-state index contributed by atoms with van der Waals surface area (Å²) in [5.74, 6) is 0.349. The van der Waals surface area contributed by atoms with Gasteiger partial charge < -0.3 is 10.2 Å². The fourth-order valence-corrected chi connectivity index (χ4v) is 4.50. The predicted molar refractivity (Wildman–Crippen MR) is 139 cm³/mol. The molecule has 0 aliphatic heterocycles. The summed E-state index contributed by atoms with van der Waals surface area (Å²) < 4.78 is 17.7. The number of anilines is 1. The van der Waals surface area contributed by atoms with Crippen molar-refractivity contribution in [1.29, 1.82) is 0 Å². The van der Waals surface area contributed by atoms with Crippen LogP contribution in [0.15, 0.2) is 84.9 Å². The van der Waals surface area contributed by atoms with Crippen molar-refractivity contribution in [3.8, 4) is 0 Å². The predicted octanol–water partition coefficient (Wildman–Crippen LogP) is 5.41. The zero-order valence-electron chi connectivity index (χ0n) is 19.7. The van der Waals surface area contributed by atoms with Crippen LogP contribution in [0.5, 0.6) is 0 Å². The molecule has 0 aliphatic carbocycles. The fourth-order valence-electron chi connectivity index (χ4n) is 3.82. The van der Waals surface area contributed by atoms with Gasteiger partial charge in [-0.2, -0.15) is 4.37 Å². The average molecular weight is 489 g/mol. The first-order valence-corrected chi connectivity index (χ1v) is 12.5. The standard InChI is InChI=1S/C28H29FN4OS/c1-21(12-13-22-8-4-2-5-9-22)30-27(34)20-33(19-24-10-6-3-7-11-24)28-31-26(32-35-28)18-23-14-16-25(29)17-15-23/h2-11,14-17,21H,12-13,18-20H2,1H3,(H,30,34). The van der Waals surface area contributed by atoms with E-state index >= 15 is 0 Å². The summed E-state index contributed by atoms with van der Waals surface area (Å²) in [6, 6.07) is 26.7. The minimum Gasteiger partial charge on any atom is -0.352 e. The second-order valence-electron chi connectivity index (χ2n) is 8.63. The highest BCUT2D eigenvalue weighted by Crippen LogP contribution is 2.21. The van der Waals surface area contributed by atoms with Crippen molar-refractivity contribution in [1.82, 2.24) is 14.7 Å². The van der Waals surface area contributed by atoms with E-state index in [1.807, 2.05) is 60.4 Å². The van der Waals surface area contributed by atoms with Crippen LogP contribution in [0.3, 0.4) is 0 Å². The van der Waals surface area contributed by atoms with Crippen LogP contribution in [0.2, 0.25) is 0 Å². The molecule has 1 unspecified atom stereocenters. The zero-order valence-corrected chi connectivity index (χ0v) is 20.5.